The van der Waals surface area contributed by atoms with Crippen LogP contribution in [0.2, 0.25) is 0 Å². The number of β-amino-alcohol motifs (C(OH)–C–C–N with tert-alkyl or cyclic N) is 1. The minimum Gasteiger partial charge on any atom is -0.391 e. The van der Waals surface area contributed by atoms with E-state index in [1.165, 1.54) is 0 Å². The first kappa shape index (κ1) is 29.1. The van der Waals surface area contributed by atoms with Gasteiger partial charge in [0.1, 0.15) is 6.04 Å². The number of hydrogen-bond donors (Lipinski definition) is 3. The number of likely N-dealkylation sites (N-methyl/N-ethyl adjacent to an activating group) is 1. The number of benzene rings is 1. The fraction of sp³-hybridized carbons (Fsp3) is 0.600. The molecule has 2 rings (SSSR count). The topological polar surface area (TPSA) is 126 Å². The molecule has 0 saturated carbocycles. The summed E-state index contributed by atoms with van der Waals surface area (Å²) < 4.78 is 0. The largest absolute Gasteiger partial charge is 0.391 e. The molecule has 1 saturated heterocycles. The zero-order chi connectivity index (χ0) is 26.1. The molecule has 1 fully saturated rings. The molecule has 9 heteroatoms. The predicted octanol–water partition coefficient (Wildman–Crippen LogP) is 1.43. The van der Waals surface area contributed by atoms with E-state index in [0.29, 0.717) is 24.9 Å². The SMILES string of the molecule is CC(NC=O)c1ccc(C#N)cc1.CC1CC(O)CN1C(=O)C(NC(=O)CN(C)C)C(C)(C)C. The van der Waals surface area contributed by atoms with Gasteiger partial charge in [-0.1, -0.05) is 32.9 Å². The van der Waals surface area contributed by atoms with Gasteiger partial charge >= 0.3 is 0 Å². The zero-order valence-corrected chi connectivity index (χ0v) is 21.3. The second-order valence-corrected chi connectivity index (χ2v) is 10.1. The third kappa shape index (κ3) is 9.12. The van der Waals surface area contributed by atoms with E-state index >= 15 is 0 Å². The summed E-state index contributed by atoms with van der Waals surface area (Å²) >= 11 is 0. The van der Waals surface area contributed by atoms with Crippen LogP contribution in [0.4, 0.5) is 0 Å². The van der Waals surface area contributed by atoms with Crippen LogP contribution >= 0.6 is 0 Å². The van der Waals surface area contributed by atoms with Crippen molar-refractivity contribution in [1.29, 1.82) is 5.26 Å². The number of hydrogen-bond acceptors (Lipinski definition) is 6. The fourth-order valence-electron chi connectivity index (χ4n) is 3.66. The van der Waals surface area contributed by atoms with Gasteiger partial charge in [-0.3, -0.25) is 14.4 Å². The molecule has 3 N–H and O–H groups in total. The minimum absolute atomic E-state index is 0.00287. The van der Waals surface area contributed by atoms with Crippen LogP contribution in [0.25, 0.3) is 0 Å². The highest BCUT2D eigenvalue weighted by atomic mass is 16.3. The van der Waals surface area contributed by atoms with Gasteiger partial charge in [-0.2, -0.15) is 5.26 Å². The van der Waals surface area contributed by atoms with Crippen molar-refractivity contribution in [3.8, 4) is 6.07 Å². The maximum atomic E-state index is 12.8. The van der Waals surface area contributed by atoms with Crippen LogP contribution in [-0.4, -0.2) is 78.5 Å². The average Bonchev–Trinajstić information content (AvgIpc) is 3.09. The fourth-order valence-corrected chi connectivity index (χ4v) is 3.66. The monoisotopic (exact) mass is 473 g/mol. The number of carbonyl (C=O) groups excluding carboxylic acids is 3. The van der Waals surface area contributed by atoms with Crippen molar-refractivity contribution < 1.29 is 19.5 Å². The summed E-state index contributed by atoms with van der Waals surface area (Å²) in [6.45, 7) is 10.2. The summed E-state index contributed by atoms with van der Waals surface area (Å²) in [6.07, 6.45) is 0.791. The molecule has 34 heavy (non-hydrogen) atoms. The van der Waals surface area contributed by atoms with Gasteiger partial charge in [0, 0.05) is 12.6 Å². The van der Waals surface area contributed by atoms with Gasteiger partial charge in [0.15, 0.2) is 0 Å². The third-order valence-corrected chi connectivity index (χ3v) is 5.57. The van der Waals surface area contributed by atoms with E-state index < -0.39 is 12.1 Å². The number of rotatable bonds is 7. The summed E-state index contributed by atoms with van der Waals surface area (Å²) in [5.41, 5.74) is 1.24. The molecule has 4 atom stereocenters. The van der Waals surface area contributed by atoms with Crippen molar-refractivity contribution in [3.05, 3.63) is 35.4 Å². The quantitative estimate of drug-likeness (QED) is 0.515. The van der Waals surface area contributed by atoms with Crippen LogP contribution in [0.5, 0.6) is 0 Å². The van der Waals surface area contributed by atoms with Crippen molar-refractivity contribution in [3.63, 3.8) is 0 Å². The number of likely N-dealkylation sites (tertiary alicyclic amines) is 1. The molecule has 188 valence electrons. The lowest BCUT2D eigenvalue weighted by atomic mass is 9.85. The van der Waals surface area contributed by atoms with Crippen LogP contribution in [0, 0.1) is 16.7 Å². The summed E-state index contributed by atoms with van der Waals surface area (Å²) in [7, 11) is 3.62. The maximum Gasteiger partial charge on any atom is 0.246 e. The summed E-state index contributed by atoms with van der Waals surface area (Å²) in [5, 5.41) is 23.7. The second kappa shape index (κ2) is 13.1. The van der Waals surface area contributed by atoms with E-state index in [4.69, 9.17) is 5.26 Å². The molecule has 1 aliphatic heterocycles. The van der Waals surface area contributed by atoms with Crippen LogP contribution < -0.4 is 10.6 Å². The van der Waals surface area contributed by atoms with Crippen molar-refractivity contribution >= 4 is 18.2 Å². The molecule has 0 radical (unpaired) electrons. The number of aliphatic hydroxyl groups excluding tert-OH is 1. The highest BCUT2D eigenvalue weighted by molar-refractivity contribution is 5.89. The Balaban J connectivity index is 0.000000380. The second-order valence-electron chi connectivity index (χ2n) is 10.1. The first-order valence-corrected chi connectivity index (χ1v) is 11.4. The number of nitrogens with zero attached hydrogens (tertiary/aromatic N) is 3. The maximum absolute atomic E-state index is 12.8. The molecule has 1 aliphatic rings. The summed E-state index contributed by atoms with van der Waals surface area (Å²) in [6, 6.07) is 8.58. The van der Waals surface area contributed by atoms with E-state index in [1.807, 2.05) is 66.9 Å². The Morgan fingerprint density at radius 3 is 2.29 bits per heavy atom. The lowest BCUT2D eigenvalue weighted by Gasteiger charge is -2.35. The Kier molecular flexibility index (Phi) is 11.2. The molecule has 1 heterocycles. The van der Waals surface area contributed by atoms with Gasteiger partial charge in [-0.15, -0.1) is 0 Å². The molecule has 1 aromatic rings. The van der Waals surface area contributed by atoms with E-state index in [2.05, 4.69) is 10.6 Å². The third-order valence-electron chi connectivity index (χ3n) is 5.57. The molecular weight excluding hydrogens is 434 g/mol. The number of nitriles is 1. The van der Waals surface area contributed by atoms with E-state index in [-0.39, 0.29) is 35.9 Å². The smallest absolute Gasteiger partial charge is 0.246 e. The lowest BCUT2D eigenvalue weighted by Crippen LogP contribution is -2.56. The first-order chi connectivity index (χ1) is 15.8. The Morgan fingerprint density at radius 1 is 1.29 bits per heavy atom. The molecular formula is C25H39N5O4. The number of carbonyl (C=O) groups is 3. The highest BCUT2D eigenvalue weighted by Crippen LogP contribution is 2.25. The molecule has 3 amide bonds. The molecule has 0 bridgehead atoms. The Bertz CT molecular complexity index is 858. The van der Waals surface area contributed by atoms with Crippen molar-refractivity contribution in [2.75, 3.05) is 27.2 Å². The lowest BCUT2D eigenvalue weighted by molar-refractivity contribution is -0.140. The number of aliphatic hydroxyl groups is 1. The molecule has 4 unspecified atom stereocenters. The van der Waals surface area contributed by atoms with E-state index in [1.54, 1.807) is 21.9 Å². The average molecular weight is 474 g/mol. The van der Waals surface area contributed by atoms with Gasteiger partial charge in [-0.25, -0.2) is 0 Å². The van der Waals surface area contributed by atoms with Crippen molar-refractivity contribution in [2.24, 2.45) is 5.41 Å². The number of amides is 3. The van der Waals surface area contributed by atoms with Gasteiger partial charge in [0.05, 0.1) is 30.3 Å². The number of nitrogens with one attached hydrogen (secondary N) is 2. The van der Waals surface area contributed by atoms with Gasteiger partial charge < -0.3 is 25.5 Å². The first-order valence-electron chi connectivity index (χ1n) is 11.4. The molecule has 1 aromatic carbocycles. The van der Waals surface area contributed by atoms with Gasteiger partial charge in [0.2, 0.25) is 18.2 Å². The Labute approximate surface area is 203 Å². The molecule has 0 aliphatic carbocycles. The summed E-state index contributed by atoms with van der Waals surface area (Å²) in [5.74, 6) is -0.278. The molecule has 0 spiro atoms. The Morgan fingerprint density at radius 2 is 1.88 bits per heavy atom. The molecule has 0 aromatic heterocycles. The van der Waals surface area contributed by atoms with Gasteiger partial charge in [-0.05, 0) is 57.5 Å². The van der Waals surface area contributed by atoms with Crippen LogP contribution in [0.1, 0.15) is 58.2 Å². The van der Waals surface area contributed by atoms with E-state index in [9.17, 15) is 19.5 Å². The zero-order valence-electron chi connectivity index (χ0n) is 21.3. The van der Waals surface area contributed by atoms with Crippen LogP contribution in [0.3, 0.4) is 0 Å². The molecule has 9 nitrogen and oxygen atoms in total. The van der Waals surface area contributed by atoms with Crippen molar-refractivity contribution in [2.45, 2.75) is 65.3 Å². The van der Waals surface area contributed by atoms with E-state index in [0.717, 1.165) is 5.56 Å². The minimum atomic E-state index is -0.585. The van der Waals surface area contributed by atoms with Gasteiger partial charge in [0.25, 0.3) is 0 Å². The van der Waals surface area contributed by atoms with Crippen molar-refractivity contribution in [1.82, 2.24) is 20.4 Å². The van der Waals surface area contributed by atoms with Crippen LogP contribution in [-0.2, 0) is 14.4 Å². The van der Waals surface area contributed by atoms with Crippen LogP contribution in [0.15, 0.2) is 24.3 Å². The predicted molar refractivity (Wildman–Crippen MR) is 131 cm³/mol. The Hall–Kier alpha value is -2.96. The highest BCUT2D eigenvalue weighted by Gasteiger charge is 2.40. The standard InChI is InChI=1S/C15H29N3O3.C10H10N2O/c1-10-7-11(19)8-18(10)14(21)13(15(2,3)4)16-12(20)9-17(5)6;1-8(12-7-13)10-4-2-9(6-11)3-5-10/h10-11,13,19H,7-9H2,1-6H3,(H,16,20);2-5,7-8H,1H3,(H,12,13). The summed E-state index contributed by atoms with van der Waals surface area (Å²) in [4.78, 5) is 38.3. The normalized spacial score (nSPS) is 19.4.